The van der Waals surface area contributed by atoms with Crippen molar-refractivity contribution in [3.05, 3.63) is 83.0 Å². The van der Waals surface area contributed by atoms with Gasteiger partial charge in [-0.1, -0.05) is 17.7 Å². The van der Waals surface area contributed by atoms with E-state index in [9.17, 15) is 39.6 Å². The van der Waals surface area contributed by atoms with Gasteiger partial charge in [0, 0.05) is 17.1 Å². The SMILES string of the molecule is Cc1ccc(S(=O)(=O)c2c[nH]c3ccc(Oc4c(C(F)(F)F)cc(C[C@H](N)C(=O)O)cc4C(F)(F)F)cc23)cc1. The number of aryl methyl sites for hydroxylation is 1. The van der Waals surface area contributed by atoms with Crippen LogP contribution in [-0.2, 0) is 33.4 Å². The number of hydrogen-bond acceptors (Lipinski definition) is 5. The number of sulfone groups is 1. The molecule has 1 atom stereocenters. The van der Waals surface area contributed by atoms with E-state index < -0.39 is 68.8 Å². The second-order valence-electron chi connectivity index (χ2n) is 8.94. The van der Waals surface area contributed by atoms with Crippen molar-refractivity contribution in [1.29, 1.82) is 0 Å². The van der Waals surface area contributed by atoms with Gasteiger partial charge in [0.25, 0.3) is 0 Å². The summed E-state index contributed by atoms with van der Waals surface area (Å²) in [5.74, 6) is -3.69. The van der Waals surface area contributed by atoms with Gasteiger partial charge in [-0.2, -0.15) is 26.3 Å². The lowest BCUT2D eigenvalue weighted by Crippen LogP contribution is -2.32. The molecular formula is C26H20F6N2O5S. The Balaban J connectivity index is 1.85. The number of carbonyl (C=O) groups is 1. The smallest absolute Gasteiger partial charge is 0.420 e. The largest absolute Gasteiger partial charge is 0.480 e. The standard InChI is InChI=1S/C26H20F6N2O5S/c1-13-2-5-16(6-3-13)40(37,38)22-12-34-21-7-4-15(11-17(21)22)39-23-18(25(27,28)29)8-14(10-20(33)24(35)36)9-19(23)26(30,31)32/h2-9,11-12,20,34H,10,33H2,1H3,(H,35,36)/t20-/m0/s1. The molecule has 0 aliphatic carbocycles. The van der Waals surface area contributed by atoms with E-state index >= 15 is 0 Å². The maximum atomic E-state index is 14.0. The van der Waals surface area contributed by atoms with Crippen molar-refractivity contribution in [2.45, 2.75) is 41.5 Å². The molecule has 1 heterocycles. The van der Waals surface area contributed by atoms with Gasteiger partial charge in [-0.25, -0.2) is 8.42 Å². The summed E-state index contributed by atoms with van der Waals surface area (Å²) in [6, 6.07) is 8.15. The molecule has 0 saturated heterocycles. The molecular weight excluding hydrogens is 566 g/mol. The van der Waals surface area contributed by atoms with E-state index in [0.717, 1.165) is 23.9 Å². The zero-order valence-electron chi connectivity index (χ0n) is 20.4. The minimum atomic E-state index is -5.34. The summed E-state index contributed by atoms with van der Waals surface area (Å²) in [6.07, 6.45) is -10.3. The van der Waals surface area contributed by atoms with Crippen LogP contribution in [0.5, 0.6) is 11.5 Å². The Hall–Kier alpha value is -4.04. The second-order valence-corrected chi connectivity index (χ2v) is 10.9. The minimum Gasteiger partial charge on any atom is -0.480 e. The quantitative estimate of drug-likeness (QED) is 0.225. The number of carboxylic acids is 1. The lowest BCUT2D eigenvalue weighted by Gasteiger charge is -2.21. The number of nitrogens with one attached hydrogen (secondary N) is 1. The Morgan fingerprint density at radius 2 is 1.55 bits per heavy atom. The van der Waals surface area contributed by atoms with E-state index in [4.69, 9.17) is 15.6 Å². The number of H-pyrrole nitrogens is 1. The lowest BCUT2D eigenvalue weighted by molar-refractivity contribution is -0.145. The third-order valence-electron chi connectivity index (χ3n) is 5.99. The summed E-state index contributed by atoms with van der Waals surface area (Å²) in [4.78, 5) is 13.4. The van der Waals surface area contributed by atoms with Crippen LogP contribution in [0.4, 0.5) is 26.3 Å². The molecule has 0 amide bonds. The van der Waals surface area contributed by atoms with E-state index in [2.05, 4.69) is 4.98 Å². The third-order valence-corrected chi connectivity index (χ3v) is 7.80. The second kappa shape index (κ2) is 10.2. The number of rotatable bonds is 7. The molecule has 0 aliphatic heterocycles. The number of alkyl halides is 6. The van der Waals surface area contributed by atoms with Crippen LogP contribution in [0.15, 0.2) is 70.6 Å². The average Bonchev–Trinajstić information content (AvgIpc) is 3.27. The van der Waals surface area contributed by atoms with Crippen LogP contribution < -0.4 is 10.5 Å². The predicted octanol–water partition coefficient (Wildman–Crippen LogP) is 6.09. The highest BCUT2D eigenvalue weighted by molar-refractivity contribution is 7.91. The van der Waals surface area contributed by atoms with Crippen LogP contribution in [0.1, 0.15) is 22.3 Å². The molecule has 4 N–H and O–H groups in total. The van der Waals surface area contributed by atoms with Gasteiger partial charge < -0.3 is 20.6 Å². The monoisotopic (exact) mass is 586 g/mol. The number of hydrogen-bond donors (Lipinski definition) is 3. The number of fused-ring (bicyclic) bond motifs is 1. The van der Waals surface area contributed by atoms with E-state index in [-0.39, 0.29) is 20.7 Å². The number of nitrogens with two attached hydrogens (primary N) is 1. The van der Waals surface area contributed by atoms with Crippen molar-refractivity contribution in [2.24, 2.45) is 5.73 Å². The van der Waals surface area contributed by atoms with Crippen LogP contribution >= 0.6 is 0 Å². The first-order valence-electron chi connectivity index (χ1n) is 11.4. The van der Waals surface area contributed by atoms with Crippen molar-refractivity contribution in [3.63, 3.8) is 0 Å². The van der Waals surface area contributed by atoms with Crippen molar-refractivity contribution in [3.8, 4) is 11.5 Å². The van der Waals surface area contributed by atoms with E-state index in [1.807, 2.05) is 0 Å². The maximum absolute atomic E-state index is 14.0. The van der Waals surface area contributed by atoms with Gasteiger partial charge in [-0.3, -0.25) is 4.79 Å². The molecule has 212 valence electrons. The van der Waals surface area contributed by atoms with Gasteiger partial charge in [-0.05, 0) is 61.4 Å². The van der Waals surface area contributed by atoms with Crippen molar-refractivity contribution < 1.29 is 49.4 Å². The Morgan fingerprint density at radius 1 is 0.975 bits per heavy atom. The first kappa shape index (κ1) is 29.0. The van der Waals surface area contributed by atoms with Crippen LogP contribution in [0, 0.1) is 6.92 Å². The van der Waals surface area contributed by atoms with Gasteiger partial charge in [0.1, 0.15) is 11.8 Å². The molecule has 0 unspecified atom stereocenters. The van der Waals surface area contributed by atoms with E-state index in [1.165, 1.54) is 18.2 Å². The van der Waals surface area contributed by atoms with Crippen molar-refractivity contribution >= 4 is 26.7 Å². The molecule has 0 fully saturated rings. The molecule has 3 aromatic carbocycles. The summed E-state index contributed by atoms with van der Waals surface area (Å²) in [6.45, 7) is 1.75. The Bertz CT molecular complexity index is 1660. The Morgan fingerprint density at radius 3 is 2.08 bits per heavy atom. The van der Waals surface area contributed by atoms with Crippen molar-refractivity contribution in [1.82, 2.24) is 4.98 Å². The zero-order valence-corrected chi connectivity index (χ0v) is 21.2. The zero-order chi connectivity index (χ0) is 29.6. The highest BCUT2D eigenvalue weighted by Gasteiger charge is 2.43. The predicted molar refractivity (Wildman–Crippen MR) is 131 cm³/mol. The van der Waals surface area contributed by atoms with Gasteiger partial charge in [-0.15, -0.1) is 0 Å². The summed E-state index contributed by atoms with van der Waals surface area (Å²) < 4.78 is 115. The Labute approximate surface area is 223 Å². The number of carboxylic acid groups (broad SMARTS) is 1. The number of benzene rings is 3. The molecule has 4 rings (SSSR count). The van der Waals surface area contributed by atoms with Gasteiger partial charge in [0.05, 0.1) is 20.9 Å². The Kier molecular flexibility index (Phi) is 7.36. The molecule has 0 aliphatic rings. The van der Waals surface area contributed by atoms with E-state index in [1.54, 1.807) is 19.1 Å². The molecule has 0 bridgehead atoms. The third kappa shape index (κ3) is 5.77. The van der Waals surface area contributed by atoms with Gasteiger partial charge in [0.15, 0.2) is 5.75 Å². The molecule has 0 saturated carbocycles. The topological polar surface area (TPSA) is 122 Å². The summed E-state index contributed by atoms with van der Waals surface area (Å²) in [5.41, 5.74) is 2.13. The molecule has 0 spiro atoms. The minimum absolute atomic E-state index is 0.0238. The number of aromatic nitrogens is 1. The molecule has 7 nitrogen and oxygen atoms in total. The van der Waals surface area contributed by atoms with Crippen LogP contribution in [0.2, 0.25) is 0 Å². The molecule has 14 heteroatoms. The summed E-state index contributed by atoms with van der Waals surface area (Å²) in [5, 5.41) is 8.92. The highest BCUT2D eigenvalue weighted by atomic mass is 32.2. The van der Waals surface area contributed by atoms with Crippen LogP contribution in [-0.4, -0.2) is 30.5 Å². The average molecular weight is 587 g/mol. The highest BCUT2D eigenvalue weighted by Crippen LogP contribution is 2.47. The number of aromatic amines is 1. The normalized spacial score (nSPS) is 13.4. The molecule has 1 aromatic heterocycles. The van der Waals surface area contributed by atoms with Crippen molar-refractivity contribution in [2.75, 3.05) is 0 Å². The maximum Gasteiger partial charge on any atom is 0.420 e. The molecule has 0 radical (unpaired) electrons. The first-order chi connectivity index (χ1) is 18.5. The summed E-state index contributed by atoms with van der Waals surface area (Å²) >= 11 is 0. The number of ether oxygens (including phenoxy) is 1. The number of aliphatic carboxylic acids is 1. The molecule has 40 heavy (non-hydrogen) atoms. The fourth-order valence-electron chi connectivity index (χ4n) is 4.00. The lowest BCUT2D eigenvalue weighted by atomic mass is 9.98. The van der Waals surface area contributed by atoms with Crippen LogP contribution in [0.3, 0.4) is 0 Å². The fraction of sp³-hybridized carbons (Fsp3) is 0.192. The fourth-order valence-corrected chi connectivity index (χ4v) is 5.42. The van der Waals surface area contributed by atoms with Gasteiger partial charge in [0.2, 0.25) is 9.84 Å². The first-order valence-corrected chi connectivity index (χ1v) is 12.9. The van der Waals surface area contributed by atoms with E-state index in [0.29, 0.717) is 12.1 Å². The van der Waals surface area contributed by atoms with Gasteiger partial charge >= 0.3 is 18.3 Å². The van der Waals surface area contributed by atoms with Crippen LogP contribution in [0.25, 0.3) is 10.9 Å². The number of halogens is 6. The summed E-state index contributed by atoms with van der Waals surface area (Å²) in [7, 11) is -4.12. The molecule has 4 aromatic rings.